The Morgan fingerprint density at radius 1 is 1.33 bits per heavy atom. The monoisotopic (exact) mass is 313 g/mol. The minimum atomic E-state index is -3.29. The van der Waals surface area contributed by atoms with E-state index < -0.39 is 10.0 Å². The highest BCUT2D eigenvalue weighted by Crippen LogP contribution is 2.33. The fourth-order valence-corrected chi connectivity index (χ4v) is 3.27. The lowest BCUT2D eigenvalue weighted by Gasteiger charge is -2.10. The number of rotatable bonds is 9. The van der Waals surface area contributed by atoms with Crippen molar-refractivity contribution in [1.29, 1.82) is 0 Å². The van der Waals surface area contributed by atoms with Gasteiger partial charge in [0.1, 0.15) is 5.75 Å². The molecule has 6 heteroatoms. The van der Waals surface area contributed by atoms with Crippen LogP contribution in [0.1, 0.15) is 24.8 Å². The third kappa shape index (κ3) is 5.65. The van der Waals surface area contributed by atoms with Crippen molar-refractivity contribution >= 4 is 10.0 Å². The fourth-order valence-electron chi connectivity index (χ4n) is 2.20. The molecule has 1 aromatic rings. The summed E-state index contributed by atoms with van der Waals surface area (Å²) in [7, 11) is -1.69. The van der Waals surface area contributed by atoms with Crippen LogP contribution in [0.2, 0.25) is 0 Å². The summed E-state index contributed by atoms with van der Waals surface area (Å²) in [5.41, 5.74) is 0.958. The summed E-state index contributed by atoms with van der Waals surface area (Å²) in [6.45, 7) is 0.308. The third-order valence-corrected chi connectivity index (χ3v) is 5.13. The molecule has 2 N–H and O–H groups in total. The zero-order valence-electron chi connectivity index (χ0n) is 12.3. The summed E-state index contributed by atoms with van der Waals surface area (Å²) in [5.74, 6) is 1.20. The van der Waals surface area contributed by atoms with E-state index in [0.29, 0.717) is 25.3 Å². The number of benzene rings is 1. The molecule has 0 amide bonds. The minimum Gasteiger partial charge on any atom is -0.497 e. The lowest BCUT2D eigenvalue weighted by molar-refractivity contribution is 0.143. The maximum absolute atomic E-state index is 11.9. The summed E-state index contributed by atoms with van der Waals surface area (Å²) in [6.07, 6.45) is 2.71. The van der Waals surface area contributed by atoms with Gasteiger partial charge in [-0.15, -0.1) is 0 Å². The average molecular weight is 313 g/mol. The Morgan fingerprint density at radius 3 is 2.57 bits per heavy atom. The molecule has 21 heavy (non-hydrogen) atoms. The molecule has 0 unspecified atom stereocenters. The van der Waals surface area contributed by atoms with Crippen molar-refractivity contribution < 1.29 is 18.3 Å². The molecule has 0 bridgehead atoms. The topological polar surface area (TPSA) is 75.6 Å². The number of hydrogen-bond donors (Lipinski definition) is 2. The van der Waals surface area contributed by atoms with Crippen LogP contribution in [0.3, 0.4) is 0 Å². The molecule has 0 saturated heterocycles. The van der Waals surface area contributed by atoms with Crippen LogP contribution in [0, 0.1) is 5.92 Å². The van der Waals surface area contributed by atoms with Crippen molar-refractivity contribution in [3.63, 3.8) is 0 Å². The molecule has 0 radical (unpaired) electrons. The zero-order chi connectivity index (χ0) is 15.3. The predicted molar refractivity (Wildman–Crippen MR) is 81.8 cm³/mol. The Labute approximate surface area is 126 Å². The van der Waals surface area contributed by atoms with Crippen LogP contribution in [0.5, 0.6) is 5.75 Å². The van der Waals surface area contributed by atoms with Crippen molar-refractivity contribution in [1.82, 2.24) is 4.72 Å². The van der Waals surface area contributed by atoms with Gasteiger partial charge < -0.3 is 9.84 Å². The molecule has 1 aliphatic rings. The van der Waals surface area contributed by atoms with Gasteiger partial charge in [0, 0.05) is 6.54 Å². The molecule has 118 valence electrons. The highest BCUT2D eigenvalue weighted by molar-refractivity contribution is 7.89. The van der Waals surface area contributed by atoms with Crippen molar-refractivity contribution in [2.75, 3.05) is 19.4 Å². The van der Waals surface area contributed by atoms with E-state index in [1.165, 1.54) is 0 Å². The van der Waals surface area contributed by atoms with Gasteiger partial charge in [0.15, 0.2) is 0 Å². The number of nitrogens with one attached hydrogen (secondary N) is 1. The van der Waals surface area contributed by atoms with Crippen LogP contribution < -0.4 is 9.46 Å². The van der Waals surface area contributed by atoms with E-state index in [1.54, 1.807) is 7.11 Å². The molecule has 5 nitrogen and oxygen atoms in total. The van der Waals surface area contributed by atoms with Crippen molar-refractivity contribution in [2.45, 2.75) is 31.8 Å². The Kier molecular flexibility index (Phi) is 5.61. The second-order valence-corrected chi connectivity index (χ2v) is 7.43. The first-order valence-corrected chi connectivity index (χ1v) is 8.94. The first kappa shape index (κ1) is 16.3. The average Bonchev–Trinajstić information content (AvgIpc) is 3.30. The molecule has 2 rings (SSSR count). The van der Waals surface area contributed by atoms with Crippen LogP contribution in [-0.2, 0) is 16.4 Å². The van der Waals surface area contributed by atoms with Crippen LogP contribution >= 0.6 is 0 Å². The molecule has 0 aromatic heterocycles. The van der Waals surface area contributed by atoms with Gasteiger partial charge in [0.2, 0.25) is 10.0 Å². The van der Waals surface area contributed by atoms with Crippen molar-refractivity contribution in [3.8, 4) is 5.75 Å². The highest BCUT2D eigenvalue weighted by Gasteiger charge is 2.29. The molecule has 1 aliphatic carbocycles. The van der Waals surface area contributed by atoms with Gasteiger partial charge in [-0.05, 0) is 49.3 Å². The smallest absolute Gasteiger partial charge is 0.211 e. The number of hydrogen-bond acceptors (Lipinski definition) is 4. The zero-order valence-corrected chi connectivity index (χ0v) is 13.1. The first-order chi connectivity index (χ1) is 10.00. The van der Waals surface area contributed by atoms with E-state index in [2.05, 4.69) is 4.72 Å². The Hall–Kier alpha value is -1.11. The molecular formula is C15H23NO4S. The number of aliphatic hydroxyl groups excluding tert-OH is 1. The standard InChI is InChI=1S/C15H23NO4S/c1-20-14-6-2-12(3-7-14)9-11-21(18,19)16-10-8-15(17)13-4-5-13/h2-3,6-7,13,15-17H,4-5,8-11H2,1H3/t15-/m0/s1. The van der Waals surface area contributed by atoms with E-state index in [9.17, 15) is 13.5 Å². The molecule has 0 aliphatic heterocycles. The Morgan fingerprint density at radius 2 is 2.00 bits per heavy atom. The van der Waals surface area contributed by atoms with Gasteiger partial charge in [-0.25, -0.2) is 13.1 Å². The molecule has 1 fully saturated rings. The Balaban J connectivity index is 1.72. The van der Waals surface area contributed by atoms with Gasteiger partial charge in [-0.1, -0.05) is 12.1 Å². The van der Waals surface area contributed by atoms with E-state index in [1.807, 2.05) is 24.3 Å². The lowest BCUT2D eigenvalue weighted by atomic mass is 10.2. The molecular weight excluding hydrogens is 290 g/mol. The van der Waals surface area contributed by atoms with Crippen molar-refractivity contribution in [3.05, 3.63) is 29.8 Å². The Bertz CT molecular complexity index is 537. The van der Waals surface area contributed by atoms with Gasteiger partial charge >= 0.3 is 0 Å². The SMILES string of the molecule is COc1ccc(CCS(=O)(=O)NCC[C@H](O)C2CC2)cc1. The fraction of sp³-hybridized carbons (Fsp3) is 0.600. The van der Waals surface area contributed by atoms with Gasteiger partial charge in [-0.3, -0.25) is 0 Å². The number of aliphatic hydroxyl groups is 1. The van der Waals surface area contributed by atoms with E-state index >= 15 is 0 Å². The van der Waals surface area contributed by atoms with Crippen LogP contribution in [0.4, 0.5) is 0 Å². The molecule has 0 heterocycles. The van der Waals surface area contributed by atoms with Crippen molar-refractivity contribution in [2.24, 2.45) is 5.92 Å². The van der Waals surface area contributed by atoms with Gasteiger partial charge in [0.25, 0.3) is 0 Å². The second kappa shape index (κ2) is 7.24. The summed E-state index contributed by atoms with van der Waals surface area (Å²) in [4.78, 5) is 0. The first-order valence-electron chi connectivity index (χ1n) is 7.28. The van der Waals surface area contributed by atoms with E-state index in [0.717, 1.165) is 24.2 Å². The number of sulfonamides is 1. The number of methoxy groups -OCH3 is 1. The molecule has 1 aromatic carbocycles. The maximum atomic E-state index is 11.9. The quantitative estimate of drug-likeness (QED) is 0.721. The normalized spacial score (nSPS) is 16.7. The number of aryl methyl sites for hydroxylation is 1. The number of ether oxygens (including phenoxy) is 1. The predicted octanol–water partition coefficient (Wildman–Crippen LogP) is 1.32. The van der Waals surface area contributed by atoms with Crippen LogP contribution in [0.15, 0.2) is 24.3 Å². The van der Waals surface area contributed by atoms with Crippen LogP contribution in [0.25, 0.3) is 0 Å². The third-order valence-electron chi connectivity index (χ3n) is 3.75. The van der Waals surface area contributed by atoms with Gasteiger partial charge in [-0.2, -0.15) is 0 Å². The second-order valence-electron chi connectivity index (χ2n) is 5.50. The summed E-state index contributed by atoms with van der Waals surface area (Å²) in [6, 6.07) is 7.37. The van der Waals surface area contributed by atoms with E-state index in [4.69, 9.17) is 4.74 Å². The molecule has 1 atom stereocenters. The summed E-state index contributed by atoms with van der Waals surface area (Å²) >= 11 is 0. The highest BCUT2D eigenvalue weighted by atomic mass is 32.2. The summed E-state index contributed by atoms with van der Waals surface area (Å²) in [5, 5.41) is 9.70. The van der Waals surface area contributed by atoms with Gasteiger partial charge in [0.05, 0.1) is 19.0 Å². The van der Waals surface area contributed by atoms with E-state index in [-0.39, 0.29) is 11.9 Å². The maximum Gasteiger partial charge on any atom is 0.211 e. The minimum absolute atomic E-state index is 0.0544. The molecule has 0 spiro atoms. The lowest BCUT2D eigenvalue weighted by Crippen LogP contribution is -2.30. The van der Waals surface area contributed by atoms with Crippen LogP contribution in [-0.4, -0.2) is 39.0 Å². The molecule has 1 saturated carbocycles. The largest absolute Gasteiger partial charge is 0.497 e. The summed E-state index contributed by atoms with van der Waals surface area (Å²) < 4.78 is 31.4.